The molecule has 0 aromatic carbocycles. The highest BCUT2D eigenvalue weighted by Gasteiger charge is 2.33. The molecule has 1 aliphatic heterocycles. The first-order valence-corrected chi connectivity index (χ1v) is 6.10. The van der Waals surface area contributed by atoms with E-state index < -0.39 is 24.1 Å². The highest BCUT2D eigenvalue weighted by molar-refractivity contribution is 5.89. The van der Waals surface area contributed by atoms with E-state index in [1.54, 1.807) is 6.92 Å². The van der Waals surface area contributed by atoms with Crippen LogP contribution in [0.25, 0.3) is 0 Å². The van der Waals surface area contributed by atoms with Gasteiger partial charge in [-0.2, -0.15) is 0 Å². The Morgan fingerprint density at radius 1 is 1.47 bits per heavy atom. The first-order valence-electron chi connectivity index (χ1n) is 6.10. The first-order chi connectivity index (χ1) is 9.01. The fraction of sp³-hybridized carbons (Fsp3) is 0.727. The highest BCUT2D eigenvalue weighted by Crippen LogP contribution is 2.08. The molecule has 0 spiro atoms. The minimum Gasteiger partial charge on any atom is -0.480 e. The zero-order chi connectivity index (χ0) is 14.4. The van der Waals surface area contributed by atoms with E-state index in [9.17, 15) is 14.4 Å². The number of nitrogens with one attached hydrogen (secondary N) is 2. The van der Waals surface area contributed by atoms with Gasteiger partial charge in [-0.15, -0.1) is 0 Å². The number of urea groups is 1. The molecule has 2 atom stereocenters. The van der Waals surface area contributed by atoms with Gasteiger partial charge in [-0.3, -0.25) is 4.79 Å². The van der Waals surface area contributed by atoms with Gasteiger partial charge in [0.15, 0.2) is 0 Å². The summed E-state index contributed by atoms with van der Waals surface area (Å²) >= 11 is 0. The summed E-state index contributed by atoms with van der Waals surface area (Å²) in [5.74, 6) is -1.43. The Morgan fingerprint density at radius 2 is 2.16 bits per heavy atom. The molecular weight excluding hydrogens is 254 g/mol. The molecule has 8 heteroatoms. The lowest BCUT2D eigenvalue weighted by molar-refractivity contribution is -0.139. The van der Waals surface area contributed by atoms with E-state index in [-0.39, 0.29) is 25.5 Å². The smallest absolute Gasteiger partial charge is 0.326 e. The zero-order valence-electron chi connectivity index (χ0n) is 11.0. The predicted octanol–water partition coefficient (Wildman–Crippen LogP) is -0.994. The number of morpholine rings is 1. The number of carboxylic acids is 1. The molecule has 0 aromatic rings. The van der Waals surface area contributed by atoms with Gasteiger partial charge in [-0.1, -0.05) is 6.92 Å². The van der Waals surface area contributed by atoms with Crippen LogP contribution in [0.15, 0.2) is 0 Å². The molecule has 1 unspecified atom stereocenters. The van der Waals surface area contributed by atoms with Gasteiger partial charge in [0.05, 0.1) is 13.2 Å². The Kier molecular flexibility index (Phi) is 5.56. The third kappa shape index (κ3) is 3.82. The Labute approximate surface area is 111 Å². The average Bonchev–Trinajstić information content (AvgIpc) is 2.43. The van der Waals surface area contributed by atoms with Crippen LogP contribution in [-0.2, 0) is 14.3 Å². The van der Waals surface area contributed by atoms with Crippen molar-refractivity contribution in [3.63, 3.8) is 0 Å². The highest BCUT2D eigenvalue weighted by atomic mass is 16.5. The number of carbonyl (C=O) groups is 3. The molecule has 0 aromatic heterocycles. The number of hydrogen-bond donors (Lipinski definition) is 3. The van der Waals surface area contributed by atoms with E-state index in [0.29, 0.717) is 6.61 Å². The van der Waals surface area contributed by atoms with Crippen molar-refractivity contribution < 1.29 is 24.2 Å². The molecule has 0 bridgehead atoms. The van der Waals surface area contributed by atoms with Crippen molar-refractivity contribution in [3.05, 3.63) is 0 Å². The summed E-state index contributed by atoms with van der Waals surface area (Å²) in [5.41, 5.74) is 0. The van der Waals surface area contributed by atoms with E-state index in [4.69, 9.17) is 9.84 Å². The summed E-state index contributed by atoms with van der Waals surface area (Å²) in [6, 6.07) is -2.25. The molecule has 1 heterocycles. The van der Waals surface area contributed by atoms with Crippen LogP contribution in [-0.4, -0.2) is 66.8 Å². The zero-order valence-corrected chi connectivity index (χ0v) is 11.0. The van der Waals surface area contributed by atoms with E-state index in [2.05, 4.69) is 10.6 Å². The largest absolute Gasteiger partial charge is 0.480 e. The second-order valence-corrected chi connectivity index (χ2v) is 4.15. The summed E-state index contributed by atoms with van der Waals surface area (Å²) in [7, 11) is 1.47. The maximum Gasteiger partial charge on any atom is 0.326 e. The molecule has 1 fully saturated rings. The van der Waals surface area contributed by atoms with Crippen LogP contribution in [0.5, 0.6) is 0 Å². The summed E-state index contributed by atoms with van der Waals surface area (Å²) < 4.78 is 5.17. The van der Waals surface area contributed by atoms with Crippen molar-refractivity contribution in [2.75, 3.05) is 26.8 Å². The van der Waals surface area contributed by atoms with Crippen LogP contribution in [0.2, 0.25) is 0 Å². The molecule has 108 valence electrons. The van der Waals surface area contributed by atoms with E-state index in [1.807, 2.05) is 0 Å². The van der Waals surface area contributed by atoms with Crippen LogP contribution in [0.3, 0.4) is 0 Å². The van der Waals surface area contributed by atoms with Gasteiger partial charge in [0, 0.05) is 13.6 Å². The number of hydrogen-bond acceptors (Lipinski definition) is 4. The molecule has 3 amide bonds. The lowest BCUT2D eigenvalue weighted by Gasteiger charge is -2.34. The van der Waals surface area contributed by atoms with Crippen molar-refractivity contribution in [1.29, 1.82) is 0 Å². The Morgan fingerprint density at radius 3 is 2.68 bits per heavy atom. The predicted molar refractivity (Wildman–Crippen MR) is 65.6 cm³/mol. The summed E-state index contributed by atoms with van der Waals surface area (Å²) in [6.07, 6.45) is 0.274. The summed E-state index contributed by atoms with van der Waals surface area (Å²) in [5, 5.41) is 13.8. The van der Waals surface area contributed by atoms with Gasteiger partial charge in [0.2, 0.25) is 5.91 Å². The minimum absolute atomic E-state index is 0.108. The van der Waals surface area contributed by atoms with E-state index in [0.717, 1.165) is 0 Å². The van der Waals surface area contributed by atoms with Crippen molar-refractivity contribution in [2.45, 2.75) is 25.4 Å². The molecule has 19 heavy (non-hydrogen) atoms. The Bertz CT molecular complexity index is 360. The molecule has 1 rings (SSSR count). The summed E-state index contributed by atoms with van der Waals surface area (Å²) in [4.78, 5) is 35.8. The number of rotatable bonds is 4. The summed E-state index contributed by atoms with van der Waals surface area (Å²) in [6.45, 7) is 2.34. The molecule has 1 saturated heterocycles. The van der Waals surface area contributed by atoms with Crippen LogP contribution in [0.4, 0.5) is 4.79 Å². The number of amides is 3. The normalized spacial score (nSPS) is 20.5. The van der Waals surface area contributed by atoms with Gasteiger partial charge in [-0.05, 0) is 6.42 Å². The molecule has 3 N–H and O–H groups in total. The standard InChI is InChI=1S/C11H19N3O5/c1-3-7(10(16)17)13-11(18)14-4-5-19-6-8(14)9(15)12-2/h7-8H,3-6H2,1-2H3,(H,12,15)(H,13,18)(H,16,17)/t7-,8?/m0/s1. The number of aliphatic carboxylic acids is 1. The SMILES string of the molecule is CC[C@H](NC(=O)N1CCOCC1C(=O)NC)C(=O)O. The van der Waals surface area contributed by atoms with Gasteiger partial charge >= 0.3 is 12.0 Å². The quantitative estimate of drug-likeness (QED) is 0.609. The van der Waals surface area contributed by atoms with Crippen molar-refractivity contribution in [3.8, 4) is 0 Å². The number of likely N-dealkylation sites (N-methyl/N-ethyl adjacent to an activating group) is 1. The van der Waals surface area contributed by atoms with Crippen molar-refractivity contribution in [2.24, 2.45) is 0 Å². The fourth-order valence-electron chi connectivity index (χ4n) is 1.80. The minimum atomic E-state index is -1.10. The Hall–Kier alpha value is -1.83. The van der Waals surface area contributed by atoms with Gasteiger partial charge < -0.3 is 25.4 Å². The number of ether oxygens (including phenoxy) is 1. The number of nitrogens with zero attached hydrogens (tertiary/aromatic N) is 1. The van der Waals surface area contributed by atoms with E-state index in [1.165, 1.54) is 11.9 Å². The topological polar surface area (TPSA) is 108 Å². The fourth-order valence-corrected chi connectivity index (χ4v) is 1.80. The third-order valence-corrected chi connectivity index (χ3v) is 2.94. The third-order valence-electron chi connectivity index (χ3n) is 2.94. The Balaban J connectivity index is 2.71. The second kappa shape index (κ2) is 6.93. The van der Waals surface area contributed by atoms with Gasteiger partial charge in [0.25, 0.3) is 0 Å². The number of carbonyl (C=O) groups excluding carboxylic acids is 2. The molecular formula is C11H19N3O5. The van der Waals surface area contributed by atoms with E-state index >= 15 is 0 Å². The van der Waals surface area contributed by atoms with Crippen molar-refractivity contribution in [1.82, 2.24) is 15.5 Å². The number of carboxylic acid groups (broad SMARTS) is 1. The average molecular weight is 273 g/mol. The molecule has 0 aliphatic carbocycles. The second-order valence-electron chi connectivity index (χ2n) is 4.15. The maximum absolute atomic E-state index is 12.0. The molecule has 0 saturated carbocycles. The van der Waals surface area contributed by atoms with Gasteiger partial charge in [0.1, 0.15) is 12.1 Å². The van der Waals surface area contributed by atoms with Crippen molar-refractivity contribution >= 4 is 17.9 Å². The monoisotopic (exact) mass is 273 g/mol. The molecule has 0 radical (unpaired) electrons. The molecule has 8 nitrogen and oxygen atoms in total. The van der Waals surface area contributed by atoms with Crippen LogP contribution in [0.1, 0.15) is 13.3 Å². The molecule has 1 aliphatic rings. The van der Waals surface area contributed by atoms with Crippen LogP contribution >= 0.6 is 0 Å². The van der Waals surface area contributed by atoms with Crippen LogP contribution in [0, 0.1) is 0 Å². The lowest BCUT2D eigenvalue weighted by atomic mass is 10.2. The lowest BCUT2D eigenvalue weighted by Crippen LogP contribution is -2.59. The van der Waals surface area contributed by atoms with Crippen LogP contribution < -0.4 is 10.6 Å². The van der Waals surface area contributed by atoms with Gasteiger partial charge in [-0.25, -0.2) is 9.59 Å². The maximum atomic E-state index is 12.0. The first kappa shape index (κ1) is 15.2.